The van der Waals surface area contributed by atoms with Gasteiger partial charge in [0.15, 0.2) is 0 Å². The molecule has 124 valence electrons. The summed E-state index contributed by atoms with van der Waals surface area (Å²) in [5.74, 6) is -0.0568. The summed E-state index contributed by atoms with van der Waals surface area (Å²) in [4.78, 5) is 26.3. The highest BCUT2D eigenvalue weighted by Crippen LogP contribution is 2.18. The van der Waals surface area contributed by atoms with Crippen LogP contribution in [-0.4, -0.2) is 42.0 Å². The fraction of sp³-hybridized carbons (Fsp3) is 0.556. The van der Waals surface area contributed by atoms with E-state index in [1.54, 1.807) is 0 Å². The van der Waals surface area contributed by atoms with Crippen LogP contribution < -0.4 is 5.32 Å². The first-order chi connectivity index (χ1) is 11.1. The quantitative estimate of drug-likeness (QED) is 0.901. The fourth-order valence-electron chi connectivity index (χ4n) is 3.21. The van der Waals surface area contributed by atoms with Gasteiger partial charge in [-0.1, -0.05) is 29.8 Å². The summed E-state index contributed by atoms with van der Waals surface area (Å²) in [5.41, 5.74) is 2.33. The number of amides is 2. The summed E-state index contributed by atoms with van der Waals surface area (Å²) < 4.78 is 5.47. The molecule has 2 atom stereocenters. The maximum atomic E-state index is 12.4. The lowest BCUT2D eigenvalue weighted by Gasteiger charge is -2.18. The monoisotopic (exact) mass is 316 g/mol. The molecule has 1 N–H and O–H groups in total. The second-order valence-electron chi connectivity index (χ2n) is 6.49. The first-order valence-corrected chi connectivity index (χ1v) is 8.37. The molecule has 2 fully saturated rings. The smallest absolute Gasteiger partial charge is 0.245 e. The van der Waals surface area contributed by atoms with E-state index in [1.165, 1.54) is 5.56 Å². The lowest BCUT2D eigenvalue weighted by Crippen LogP contribution is -2.42. The highest BCUT2D eigenvalue weighted by Gasteiger charge is 2.33. The topological polar surface area (TPSA) is 58.6 Å². The zero-order valence-electron chi connectivity index (χ0n) is 13.6. The minimum atomic E-state index is -0.380. The molecular formula is C18H24N2O3. The Balaban J connectivity index is 1.49. The average Bonchev–Trinajstić information content (AvgIpc) is 3.14. The van der Waals surface area contributed by atoms with Crippen LogP contribution in [0.2, 0.25) is 0 Å². The largest absolute Gasteiger partial charge is 0.378 e. The molecule has 0 spiro atoms. The molecule has 5 heteroatoms. The van der Waals surface area contributed by atoms with Crippen molar-refractivity contribution in [3.8, 4) is 0 Å². The van der Waals surface area contributed by atoms with E-state index in [2.05, 4.69) is 17.4 Å². The van der Waals surface area contributed by atoms with Crippen molar-refractivity contribution in [2.45, 2.75) is 51.3 Å². The molecule has 0 aromatic heterocycles. The summed E-state index contributed by atoms with van der Waals surface area (Å²) >= 11 is 0. The minimum Gasteiger partial charge on any atom is -0.378 e. The number of benzene rings is 1. The minimum absolute atomic E-state index is 0.0197. The molecule has 2 saturated heterocycles. The summed E-state index contributed by atoms with van der Waals surface area (Å²) in [6, 6.07) is 7.82. The van der Waals surface area contributed by atoms with Crippen LogP contribution in [0.25, 0.3) is 0 Å². The highest BCUT2D eigenvalue weighted by atomic mass is 16.5. The van der Waals surface area contributed by atoms with Gasteiger partial charge in [-0.15, -0.1) is 0 Å². The van der Waals surface area contributed by atoms with Gasteiger partial charge in [0.2, 0.25) is 11.8 Å². The van der Waals surface area contributed by atoms with Gasteiger partial charge >= 0.3 is 0 Å². The third-order valence-electron chi connectivity index (χ3n) is 4.56. The third-order valence-corrected chi connectivity index (χ3v) is 4.56. The zero-order chi connectivity index (χ0) is 16.2. The van der Waals surface area contributed by atoms with Crippen LogP contribution in [0.15, 0.2) is 24.3 Å². The Morgan fingerprint density at radius 1 is 1.30 bits per heavy atom. The Labute approximate surface area is 137 Å². The van der Waals surface area contributed by atoms with Gasteiger partial charge in [0.1, 0.15) is 6.04 Å². The van der Waals surface area contributed by atoms with E-state index in [9.17, 15) is 9.59 Å². The number of nitrogens with one attached hydrogen (secondary N) is 1. The van der Waals surface area contributed by atoms with Gasteiger partial charge in [0, 0.05) is 19.7 Å². The van der Waals surface area contributed by atoms with Crippen molar-refractivity contribution in [3.63, 3.8) is 0 Å². The number of rotatable bonds is 5. The van der Waals surface area contributed by atoms with E-state index in [0.717, 1.165) is 25.0 Å². The van der Waals surface area contributed by atoms with Crippen LogP contribution in [0.3, 0.4) is 0 Å². The van der Waals surface area contributed by atoms with Crippen molar-refractivity contribution < 1.29 is 14.3 Å². The first kappa shape index (κ1) is 16.0. The molecule has 1 aromatic carbocycles. The molecule has 0 radical (unpaired) electrons. The molecule has 2 heterocycles. The van der Waals surface area contributed by atoms with Crippen LogP contribution in [-0.2, 0) is 20.9 Å². The van der Waals surface area contributed by atoms with Gasteiger partial charge in [-0.05, 0) is 31.7 Å². The summed E-state index contributed by atoms with van der Waals surface area (Å²) in [6.07, 6.45) is 3.02. The zero-order valence-corrected chi connectivity index (χ0v) is 13.6. The molecular weight excluding hydrogens is 292 g/mol. The summed E-state index contributed by atoms with van der Waals surface area (Å²) in [5, 5.41) is 2.87. The van der Waals surface area contributed by atoms with Gasteiger partial charge < -0.3 is 15.0 Å². The van der Waals surface area contributed by atoms with Gasteiger partial charge in [-0.3, -0.25) is 9.59 Å². The van der Waals surface area contributed by atoms with Gasteiger partial charge in [0.05, 0.1) is 12.5 Å². The lowest BCUT2D eigenvalue weighted by atomic mass is 10.1. The van der Waals surface area contributed by atoms with Gasteiger partial charge in [0.25, 0.3) is 0 Å². The number of aryl methyl sites for hydroxylation is 1. The fourth-order valence-corrected chi connectivity index (χ4v) is 3.21. The second kappa shape index (κ2) is 7.13. The van der Waals surface area contributed by atoms with Crippen LogP contribution >= 0.6 is 0 Å². The Morgan fingerprint density at radius 3 is 2.78 bits per heavy atom. The number of hydrogen-bond donors (Lipinski definition) is 1. The van der Waals surface area contributed by atoms with Crippen LogP contribution in [0, 0.1) is 6.92 Å². The van der Waals surface area contributed by atoms with Crippen LogP contribution in [0.1, 0.15) is 36.8 Å². The number of carbonyl (C=O) groups excluding carboxylic acids is 2. The number of likely N-dealkylation sites (tertiary alicyclic amines) is 1. The van der Waals surface area contributed by atoms with Crippen molar-refractivity contribution in [2.24, 2.45) is 0 Å². The molecule has 0 saturated carbocycles. The predicted octanol–water partition coefficient (Wildman–Crippen LogP) is 1.78. The van der Waals surface area contributed by atoms with Crippen LogP contribution in [0.5, 0.6) is 0 Å². The molecule has 2 aliphatic heterocycles. The van der Waals surface area contributed by atoms with E-state index in [1.807, 2.05) is 24.0 Å². The Morgan fingerprint density at radius 2 is 2.09 bits per heavy atom. The third kappa shape index (κ3) is 4.10. The summed E-state index contributed by atoms with van der Waals surface area (Å²) in [7, 11) is 0. The average molecular weight is 316 g/mol. The number of ether oxygens (including phenoxy) is 1. The molecule has 1 aromatic rings. The van der Waals surface area contributed by atoms with Crippen molar-refractivity contribution in [3.05, 3.63) is 35.4 Å². The predicted molar refractivity (Wildman–Crippen MR) is 86.7 cm³/mol. The first-order valence-electron chi connectivity index (χ1n) is 8.37. The molecule has 3 rings (SSSR count). The van der Waals surface area contributed by atoms with Crippen molar-refractivity contribution in [1.82, 2.24) is 10.2 Å². The second-order valence-corrected chi connectivity index (χ2v) is 6.49. The maximum Gasteiger partial charge on any atom is 0.245 e. The molecule has 0 aliphatic carbocycles. The van der Waals surface area contributed by atoms with Gasteiger partial charge in [-0.25, -0.2) is 0 Å². The van der Waals surface area contributed by atoms with Crippen LogP contribution in [0.4, 0.5) is 0 Å². The Bertz CT molecular complexity index is 564. The molecule has 2 amide bonds. The van der Waals surface area contributed by atoms with Crippen molar-refractivity contribution in [1.29, 1.82) is 0 Å². The summed E-state index contributed by atoms with van der Waals surface area (Å²) in [6.45, 7) is 4.09. The van der Waals surface area contributed by atoms with E-state index in [-0.39, 0.29) is 24.0 Å². The van der Waals surface area contributed by atoms with Gasteiger partial charge in [-0.2, -0.15) is 0 Å². The van der Waals surface area contributed by atoms with Crippen molar-refractivity contribution >= 4 is 11.8 Å². The maximum absolute atomic E-state index is 12.4. The van der Waals surface area contributed by atoms with Crippen molar-refractivity contribution in [2.75, 3.05) is 13.2 Å². The highest BCUT2D eigenvalue weighted by molar-refractivity contribution is 5.89. The Hall–Kier alpha value is -1.88. The SMILES string of the molecule is Cc1ccc(CN2CCC(NC(=O)CC3CCCO3)C2=O)cc1. The van der Waals surface area contributed by atoms with E-state index < -0.39 is 0 Å². The Kier molecular flexibility index (Phi) is 4.96. The molecule has 0 bridgehead atoms. The molecule has 2 unspecified atom stereocenters. The number of carbonyl (C=O) groups is 2. The van der Waals surface area contributed by atoms with E-state index in [4.69, 9.17) is 4.74 Å². The molecule has 5 nitrogen and oxygen atoms in total. The molecule has 2 aliphatic rings. The lowest BCUT2D eigenvalue weighted by molar-refractivity contribution is -0.133. The van der Waals surface area contributed by atoms with E-state index in [0.29, 0.717) is 25.9 Å². The van der Waals surface area contributed by atoms with E-state index >= 15 is 0 Å². The normalized spacial score (nSPS) is 24.2. The standard InChI is InChI=1S/C18H24N2O3/c1-13-4-6-14(7-5-13)12-20-9-8-16(18(20)22)19-17(21)11-15-3-2-10-23-15/h4-7,15-16H,2-3,8-12H2,1H3,(H,19,21). The number of nitrogens with zero attached hydrogens (tertiary/aromatic N) is 1. The number of hydrogen-bond acceptors (Lipinski definition) is 3. The molecule has 23 heavy (non-hydrogen) atoms.